The quantitative estimate of drug-likeness (QED) is 0.538. The second kappa shape index (κ2) is 7.60. The molecule has 0 saturated heterocycles. The Hall–Kier alpha value is -1.35. The SMILES string of the molecule is C[N+](C)(C)C[C@@H](CC(=O)[O-])NC(=O)Nc1ccccc1I. The van der Waals surface area contributed by atoms with Gasteiger partial charge < -0.3 is 25.0 Å². The lowest BCUT2D eigenvalue weighted by atomic mass is 10.2. The van der Waals surface area contributed by atoms with E-state index in [2.05, 4.69) is 33.2 Å². The number of carboxylic acid groups (broad SMARTS) is 1. The number of aliphatic carboxylic acids is 1. The number of likely N-dealkylation sites (N-methyl/N-ethyl adjacent to an activating group) is 1. The second-order valence-corrected chi connectivity index (χ2v) is 6.99. The minimum absolute atomic E-state index is 0.213. The Morgan fingerprint density at radius 1 is 1.29 bits per heavy atom. The number of carbonyl (C=O) groups is 2. The molecule has 0 heterocycles. The maximum absolute atomic E-state index is 12.0. The zero-order valence-electron chi connectivity index (χ0n) is 12.4. The summed E-state index contributed by atoms with van der Waals surface area (Å²) in [5.41, 5.74) is 0.688. The third kappa shape index (κ3) is 7.28. The Kier molecular flexibility index (Phi) is 6.41. The van der Waals surface area contributed by atoms with Crippen molar-refractivity contribution in [2.24, 2.45) is 0 Å². The van der Waals surface area contributed by atoms with Crippen molar-refractivity contribution < 1.29 is 19.2 Å². The third-order valence-electron chi connectivity index (χ3n) is 2.64. The number of para-hydroxylation sites is 1. The van der Waals surface area contributed by atoms with Crippen LogP contribution in [0.2, 0.25) is 0 Å². The fourth-order valence-corrected chi connectivity index (χ4v) is 2.45. The first kappa shape index (κ1) is 17.7. The predicted molar refractivity (Wildman–Crippen MR) is 87.6 cm³/mol. The molecule has 0 aliphatic rings. The molecule has 1 rings (SSSR count). The number of hydrogen-bond acceptors (Lipinski definition) is 3. The van der Waals surface area contributed by atoms with E-state index < -0.39 is 18.0 Å². The van der Waals surface area contributed by atoms with Crippen LogP contribution in [0.25, 0.3) is 0 Å². The fourth-order valence-electron chi connectivity index (χ4n) is 1.93. The van der Waals surface area contributed by atoms with Gasteiger partial charge in [0, 0.05) is 16.0 Å². The average molecular weight is 405 g/mol. The Bertz CT molecular complexity index is 514. The molecule has 2 N–H and O–H groups in total. The summed E-state index contributed by atoms with van der Waals surface area (Å²) < 4.78 is 1.45. The van der Waals surface area contributed by atoms with E-state index in [0.29, 0.717) is 16.7 Å². The fraction of sp³-hybridized carbons (Fsp3) is 0.429. The summed E-state index contributed by atoms with van der Waals surface area (Å²) in [5.74, 6) is -1.18. The minimum atomic E-state index is -1.18. The van der Waals surface area contributed by atoms with Gasteiger partial charge >= 0.3 is 6.03 Å². The number of benzene rings is 1. The van der Waals surface area contributed by atoms with Crippen molar-refractivity contribution in [3.05, 3.63) is 27.8 Å². The third-order valence-corrected chi connectivity index (χ3v) is 3.58. The van der Waals surface area contributed by atoms with Gasteiger partial charge in [0.15, 0.2) is 0 Å². The molecule has 0 unspecified atom stereocenters. The van der Waals surface area contributed by atoms with Crippen LogP contribution < -0.4 is 15.7 Å². The first-order valence-corrected chi connectivity index (χ1v) is 7.57. The molecular weight excluding hydrogens is 385 g/mol. The summed E-state index contributed by atoms with van der Waals surface area (Å²) >= 11 is 2.12. The maximum Gasteiger partial charge on any atom is 0.319 e. The van der Waals surface area contributed by atoms with Gasteiger partial charge in [-0.15, -0.1) is 0 Å². The van der Waals surface area contributed by atoms with Crippen LogP contribution in [0.3, 0.4) is 0 Å². The van der Waals surface area contributed by atoms with Crippen molar-refractivity contribution in [1.29, 1.82) is 0 Å². The van der Waals surface area contributed by atoms with Gasteiger partial charge in [0.05, 0.1) is 39.4 Å². The second-order valence-electron chi connectivity index (χ2n) is 5.82. The van der Waals surface area contributed by atoms with Crippen LogP contribution in [-0.2, 0) is 4.79 Å². The smallest absolute Gasteiger partial charge is 0.319 e. The molecule has 116 valence electrons. The highest BCUT2D eigenvalue weighted by molar-refractivity contribution is 14.1. The lowest BCUT2D eigenvalue weighted by Crippen LogP contribution is -2.51. The standard InChI is InChI=1S/C14H20IN3O3/c1-18(2,3)9-10(8-13(19)20)16-14(21)17-12-7-5-4-6-11(12)15/h4-7,10H,8-9H2,1-3H3,(H2-,16,17,19,20,21)/t10-/m1/s1. The molecule has 0 bridgehead atoms. The molecule has 2 amide bonds. The van der Waals surface area contributed by atoms with Gasteiger partial charge in [-0.25, -0.2) is 4.79 Å². The molecule has 0 fully saturated rings. The van der Waals surface area contributed by atoms with Gasteiger partial charge in [-0.1, -0.05) is 12.1 Å². The zero-order chi connectivity index (χ0) is 16.0. The van der Waals surface area contributed by atoms with Crippen LogP contribution in [0.5, 0.6) is 0 Å². The van der Waals surface area contributed by atoms with E-state index in [1.807, 2.05) is 39.3 Å². The Balaban J connectivity index is 2.67. The normalized spacial score (nSPS) is 12.6. The maximum atomic E-state index is 12.0. The molecule has 1 aromatic rings. The van der Waals surface area contributed by atoms with E-state index in [9.17, 15) is 14.7 Å². The Morgan fingerprint density at radius 2 is 1.90 bits per heavy atom. The molecule has 0 radical (unpaired) electrons. The lowest BCUT2D eigenvalue weighted by molar-refractivity contribution is -0.871. The summed E-state index contributed by atoms with van der Waals surface area (Å²) in [6.45, 7) is 0.493. The van der Waals surface area contributed by atoms with E-state index >= 15 is 0 Å². The molecule has 21 heavy (non-hydrogen) atoms. The Morgan fingerprint density at radius 3 is 2.43 bits per heavy atom. The van der Waals surface area contributed by atoms with Crippen LogP contribution in [-0.4, -0.2) is 50.2 Å². The van der Waals surface area contributed by atoms with Gasteiger partial charge in [-0.2, -0.15) is 0 Å². The number of carboxylic acids is 1. The highest BCUT2D eigenvalue weighted by atomic mass is 127. The zero-order valence-corrected chi connectivity index (χ0v) is 14.5. The number of halogens is 1. The Labute approximate surface area is 138 Å². The topological polar surface area (TPSA) is 81.3 Å². The molecule has 0 saturated carbocycles. The van der Waals surface area contributed by atoms with Crippen LogP contribution in [0, 0.1) is 3.57 Å². The first-order chi connectivity index (χ1) is 9.67. The summed E-state index contributed by atoms with van der Waals surface area (Å²) in [6.07, 6.45) is -0.213. The van der Waals surface area contributed by atoms with Gasteiger partial charge in [0.2, 0.25) is 0 Å². The van der Waals surface area contributed by atoms with E-state index in [-0.39, 0.29) is 6.42 Å². The van der Waals surface area contributed by atoms with Crippen LogP contribution in [0.4, 0.5) is 10.5 Å². The number of urea groups is 1. The van der Waals surface area contributed by atoms with Crippen molar-refractivity contribution >= 4 is 40.3 Å². The van der Waals surface area contributed by atoms with Gasteiger partial charge in [-0.05, 0) is 34.7 Å². The number of rotatable bonds is 6. The number of hydrogen-bond donors (Lipinski definition) is 2. The number of anilines is 1. The van der Waals surface area contributed by atoms with E-state index in [4.69, 9.17) is 0 Å². The van der Waals surface area contributed by atoms with Gasteiger partial charge in [0.25, 0.3) is 0 Å². The molecule has 0 aliphatic carbocycles. The predicted octanol–water partition coefficient (Wildman–Crippen LogP) is 0.628. The van der Waals surface area contributed by atoms with Crippen molar-refractivity contribution in [1.82, 2.24) is 5.32 Å². The summed E-state index contributed by atoms with van der Waals surface area (Å²) in [5, 5.41) is 16.2. The van der Waals surface area contributed by atoms with Gasteiger partial charge in [-0.3, -0.25) is 0 Å². The number of nitrogens with zero attached hydrogens (tertiary/aromatic N) is 1. The molecule has 6 nitrogen and oxygen atoms in total. The van der Waals surface area contributed by atoms with Crippen molar-refractivity contribution in [3.8, 4) is 0 Å². The van der Waals surface area contributed by atoms with E-state index in [1.165, 1.54) is 0 Å². The highest BCUT2D eigenvalue weighted by Crippen LogP contribution is 2.16. The van der Waals surface area contributed by atoms with Crippen LogP contribution in [0.15, 0.2) is 24.3 Å². The molecule has 0 aromatic heterocycles. The highest BCUT2D eigenvalue weighted by Gasteiger charge is 2.20. The van der Waals surface area contributed by atoms with Gasteiger partial charge in [0.1, 0.15) is 0 Å². The van der Waals surface area contributed by atoms with Crippen LogP contribution in [0.1, 0.15) is 6.42 Å². The first-order valence-electron chi connectivity index (χ1n) is 6.50. The molecule has 1 atom stereocenters. The van der Waals surface area contributed by atoms with Crippen molar-refractivity contribution in [2.45, 2.75) is 12.5 Å². The van der Waals surface area contributed by atoms with Crippen LogP contribution >= 0.6 is 22.6 Å². The minimum Gasteiger partial charge on any atom is -0.550 e. The largest absolute Gasteiger partial charge is 0.550 e. The number of amides is 2. The average Bonchev–Trinajstić information content (AvgIpc) is 2.28. The number of carbonyl (C=O) groups excluding carboxylic acids is 2. The molecule has 0 spiro atoms. The summed E-state index contributed by atoms with van der Waals surface area (Å²) in [7, 11) is 5.80. The van der Waals surface area contributed by atoms with Crippen molar-refractivity contribution in [3.63, 3.8) is 0 Å². The monoisotopic (exact) mass is 405 g/mol. The number of nitrogens with one attached hydrogen (secondary N) is 2. The lowest BCUT2D eigenvalue weighted by Gasteiger charge is -2.30. The summed E-state index contributed by atoms with van der Waals surface area (Å²) in [6, 6.07) is 6.45. The van der Waals surface area contributed by atoms with E-state index in [1.54, 1.807) is 6.07 Å². The molecule has 1 aromatic carbocycles. The summed E-state index contributed by atoms with van der Waals surface area (Å²) in [4.78, 5) is 22.8. The van der Waals surface area contributed by atoms with E-state index in [0.717, 1.165) is 3.57 Å². The molecule has 7 heteroatoms. The molecule has 0 aliphatic heterocycles. The number of quaternary nitrogens is 1. The van der Waals surface area contributed by atoms with Crippen molar-refractivity contribution in [2.75, 3.05) is 33.0 Å². The molecular formula is C14H20IN3O3.